The lowest BCUT2D eigenvalue weighted by atomic mass is 10.2. The van der Waals surface area contributed by atoms with Crippen molar-refractivity contribution in [1.29, 1.82) is 0 Å². The van der Waals surface area contributed by atoms with Crippen LogP contribution in [0.1, 0.15) is 17.3 Å². The van der Waals surface area contributed by atoms with Crippen molar-refractivity contribution in [2.24, 2.45) is 0 Å². The predicted octanol–water partition coefficient (Wildman–Crippen LogP) is 2.49. The van der Waals surface area contributed by atoms with Crippen LogP contribution < -0.4 is 26.2 Å². The molecule has 0 aromatic heterocycles. The Morgan fingerprint density at radius 3 is 2.33 bits per heavy atom. The van der Waals surface area contributed by atoms with Gasteiger partial charge in [-0.2, -0.15) is 0 Å². The van der Waals surface area contributed by atoms with E-state index in [0.29, 0.717) is 22.9 Å². The normalized spacial score (nSPS) is 9.85. The van der Waals surface area contributed by atoms with E-state index in [-0.39, 0.29) is 17.6 Å². The summed E-state index contributed by atoms with van der Waals surface area (Å²) in [5.41, 5.74) is 6.09. The number of carbonyl (C=O) groups is 2. The molecule has 142 valence electrons. The highest BCUT2D eigenvalue weighted by Crippen LogP contribution is 2.13. The first-order chi connectivity index (χ1) is 13.0. The van der Waals surface area contributed by atoms with Gasteiger partial charge in [0.2, 0.25) is 0 Å². The molecule has 0 aliphatic heterocycles. The SMILES string of the molecule is CCOc1ccc(C(=O)NCC(=O)NNC(=S)Nc2ccc(Cl)cc2)cc1. The first kappa shape index (κ1) is 20.5. The van der Waals surface area contributed by atoms with Crippen LogP contribution in [0.3, 0.4) is 0 Å². The second kappa shape index (κ2) is 10.3. The molecular weight excluding hydrogens is 388 g/mol. The third kappa shape index (κ3) is 7.12. The standard InChI is InChI=1S/C18H19ClN4O3S/c1-2-26-15-9-3-12(4-10-15)17(25)20-11-16(24)22-23-18(27)21-14-7-5-13(19)6-8-14/h3-10H,2,11H2,1H3,(H,20,25)(H,22,24)(H2,21,23,27). The van der Waals surface area contributed by atoms with E-state index in [1.165, 1.54) is 0 Å². The van der Waals surface area contributed by atoms with E-state index in [9.17, 15) is 9.59 Å². The number of anilines is 1. The summed E-state index contributed by atoms with van der Waals surface area (Å²) in [5.74, 6) is -0.137. The topological polar surface area (TPSA) is 91.5 Å². The van der Waals surface area contributed by atoms with Gasteiger partial charge in [0.15, 0.2) is 5.11 Å². The van der Waals surface area contributed by atoms with Crippen LogP contribution in [0.15, 0.2) is 48.5 Å². The van der Waals surface area contributed by atoms with Crippen LogP contribution in [0.4, 0.5) is 5.69 Å². The van der Waals surface area contributed by atoms with Gasteiger partial charge < -0.3 is 15.4 Å². The lowest BCUT2D eigenvalue weighted by Gasteiger charge is -2.12. The maximum absolute atomic E-state index is 12.0. The average Bonchev–Trinajstić information content (AvgIpc) is 2.67. The number of carbonyl (C=O) groups excluding carboxylic acids is 2. The highest BCUT2D eigenvalue weighted by atomic mass is 35.5. The molecule has 2 amide bonds. The number of thiocarbonyl (C=S) groups is 1. The smallest absolute Gasteiger partial charge is 0.257 e. The molecule has 0 heterocycles. The fourth-order valence-electron chi connectivity index (χ4n) is 2.00. The van der Waals surface area contributed by atoms with E-state index in [0.717, 1.165) is 5.69 Å². The van der Waals surface area contributed by atoms with Crippen LogP contribution in [-0.2, 0) is 4.79 Å². The molecule has 9 heteroatoms. The van der Waals surface area contributed by atoms with E-state index in [1.54, 1.807) is 48.5 Å². The summed E-state index contributed by atoms with van der Waals surface area (Å²) in [6, 6.07) is 13.6. The van der Waals surface area contributed by atoms with Crippen molar-refractivity contribution >= 4 is 46.4 Å². The Labute approximate surface area is 167 Å². The Morgan fingerprint density at radius 1 is 1.04 bits per heavy atom. The molecule has 0 aliphatic rings. The minimum atomic E-state index is -0.449. The van der Waals surface area contributed by atoms with Gasteiger partial charge in [0.1, 0.15) is 5.75 Å². The average molecular weight is 407 g/mol. The quantitative estimate of drug-likeness (QED) is 0.435. The number of ether oxygens (including phenoxy) is 1. The molecule has 0 aliphatic carbocycles. The lowest BCUT2D eigenvalue weighted by Crippen LogP contribution is -2.47. The molecule has 0 unspecified atom stereocenters. The molecule has 4 N–H and O–H groups in total. The number of rotatable bonds is 6. The van der Waals surface area contributed by atoms with Gasteiger partial charge in [-0.05, 0) is 67.7 Å². The van der Waals surface area contributed by atoms with E-state index >= 15 is 0 Å². The Balaban J connectivity index is 1.71. The summed E-state index contributed by atoms with van der Waals surface area (Å²) >= 11 is 10.9. The van der Waals surface area contributed by atoms with Gasteiger partial charge in [0, 0.05) is 16.3 Å². The molecule has 2 aromatic carbocycles. The van der Waals surface area contributed by atoms with E-state index in [4.69, 9.17) is 28.6 Å². The van der Waals surface area contributed by atoms with Gasteiger partial charge in [-0.1, -0.05) is 11.6 Å². The highest BCUT2D eigenvalue weighted by Gasteiger charge is 2.08. The highest BCUT2D eigenvalue weighted by molar-refractivity contribution is 7.80. The van der Waals surface area contributed by atoms with Crippen molar-refractivity contribution < 1.29 is 14.3 Å². The molecule has 27 heavy (non-hydrogen) atoms. The predicted molar refractivity (Wildman–Crippen MR) is 109 cm³/mol. The van der Waals surface area contributed by atoms with Gasteiger partial charge >= 0.3 is 0 Å². The van der Waals surface area contributed by atoms with Crippen LogP contribution in [0.5, 0.6) is 5.75 Å². The molecule has 0 saturated heterocycles. The summed E-state index contributed by atoms with van der Waals surface area (Å²) in [6.45, 7) is 2.22. The van der Waals surface area contributed by atoms with Gasteiger partial charge in [-0.3, -0.25) is 20.4 Å². The zero-order valence-corrected chi connectivity index (χ0v) is 16.1. The number of amides is 2. The molecule has 0 fully saturated rings. The van der Waals surface area contributed by atoms with Crippen LogP contribution in [-0.4, -0.2) is 30.1 Å². The molecular formula is C18H19ClN4O3S. The van der Waals surface area contributed by atoms with Gasteiger partial charge in [-0.25, -0.2) is 0 Å². The zero-order valence-electron chi connectivity index (χ0n) is 14.5. The van der Waals surface area contributed by atoms with Gasteiger partial charge in [0.25, 0.3) is 11.8 Å². The van der Waals surface area contributed by atoms with Gasteiger partial charge in [0.05, 0.1) is 13.2 Å². The molecule has 0 atom stereocenters. The number of benzene rings is 2. The van der Waals surface area contributed by atoms with Crippen LogP contribution in [0.2, 0.25) is 5.02 Å². The molecule has 0 saturated carbocycles. The largest absolute Gasteiger partial charge is 0.494 e. The fourth-order valence-corrected chi connectivity index (χ4v) is 2.29. The number of nitrogens with one attached hydrogen (secondary N) is 4. The van der Waals surface area contributed by atoms with Crippen molar-refractivity contribution in [2.45, 2.75) is 6.92 Å². The fraction of sp³-hybridized carbons (Fsp3) is 0.167. The Kier molecular flexibility index (Phi) is 7.84. The van der Waals surface area contributed by atoms with Crippen molar-refractivity contribution in [3.63, 3.8) is 0 Å². The third-order valence-electron chi connectivity index (χ3n) is 3.25. The molecule has 0 bridgehead atoms. The summed E-state index contributed by atoms with van der Waals surface area (Å²) < 4.78 is 5.31. The van der Waals surface area contributed by atoms with E-state index < -0.39 is 5.91 Å². The third-order valence-corrected chi connectivity index (χ3v) is 3.71. The molecule has 2 aromatic rings. The van der Waals surface area contributed by atoms with Crippen molar-refractivity contribution in [3.8, 4) is 5.75 Å². The summed E-state index contributed by atoms with van der Waals surface area (Å²) in [5, 5.41) is 6.20. The Bertz CT molecular complexity index is 797. The van der Waals surface area contributed by atoms with Crippen molar-refractivity contribution in [1.82, 2.24) is 16.2 Å². The zero-order chi connectivity index (χ0) is 19.6. The molecule has 0 radical (unpaired) electrons. The van der Waals surface area contributed by atoms with Crippen LogP contribution in [0.25, 0.3) is 0 Å². The first-order valence-electron chi connectivity index (χ1n) is 8.10. The van der Waals surface area contributed by atoms with E-state index in [2.05, 4.69) is 21.5 Å². The van der Waals surface area contributed by atoms with Crippen molar-refractivity contribution in [2.75, 3.05) is 18.5 Å². The number of hydrogen-bond acceptors (Lipinski definition) is 4. The minimum absolute atomic E-state index is 0.198. The summed E-state index contributed by atoms with van der Waals surface area (Å²) in [6.07, 6.45) is 0. The van der Waals surface area contributed by atoms with Crippen LogP contribution in [0, 0.1) is 0 Å². The van der Waals surface area contributed by atoms with Gasteiger partial charge in [-0.15, -0.1) is 0 Å². The number of halogens is 1. The minimum Gasteiger partial charge on any atom is -0.494 e. The Morgan fingerprint density at radius 2 is 1.70 bits per heavy atom. The summed E-state index contributed by atoms with van der Waals surface area (Å²) in [7, 11) is 0. The molecule has 0 spiro atoms. The summed E-state index contributed by atoms with van der Waals surface area (Å²) in [4.78, 5) is 23.8. The monoisotopic (exact) mass is 406 g/mol. The number of hydrazine groups is 1. The molecule has 7 nitrogen and oxygen atoms in total. The second-order valence-electron chi connectivity index (χ2n) is 5.27. The maximum Gasteiger partial charge on any atom is 0.257 e. The Hall–Kier alpha value is -2.84. The van der Waals surface area contributed by atoms with E-state index in [1.807, 2.05) is 6.92 Å². The van der Waals surface area contributed by atoms with Crippen molar-refractivity contribution in [3.05, 3.63) is 59.1 Å². The lowest BCUT2D eigenvalue weighted by molar-refractivity contribution is -0.120. The maximum atomic E-state index is 12.0. The van der Waals surface area contributed by atoms with Crippen LogP contribution >= 0.6 is 23.8 Å². The first-order valence-corrected chi connectivity index (χ1v) is 8.89. The number of hydrogen-bond donors (Lipinski definition) is 4. The second-order valence-corrected chi connectivity index (χ2v) is 6.12. The molecule has 2 rings (SSSR count).